The molecule has 5 rings (SSSR count). The number of halogens is 3. The molecule has 3 aliphatic heterocycles. The zero-order valence-electron chi connectivity index (χ0n) is 21.4. The number of benzene rings is 1. The van der Waals surface area contributed by atoms with Crippen LogP contribution in [0.3, 0.4) is 0 Å². The first-order valence-corrected chi connectivity index (χ1v) is 13.7. The number of nitrogens with zero attached hydrogens (tertiary/aromatic N) is 6. The highest BCUT2D eigenvalue weighted by Gasteiger charge is 2.34. The SMILES string of the molecule is CC.CC1CN(SN(Cc2ccc(C3=NN=C(C(F)F)C3)cn2)c2cccc(Cl)c2)CCN1C1COC1. The van der Waals surface area contributed by atoms with Crippen molar-refractivity contribution in [1.29, 1.82) is 0 Å². The summed E-state index contributed by atoms with van der Waals surface area (Å²) in [7, 11) is 0. The van der Waals surface area contributed by atoms with Gasteiger partial charge in [-0.25, -0.2) is 13.1 Å². The maximum atomic E-state index is 12.9. The number of ether oxygens (including phenoxy) is 1. The molecule has 1 atom stereocenters. The van der Waals surface area contributed by atoms with Gasteiger partial charge in [-0.15, -0.1) is 0 Å². The standard InChI is InChI=1S/C24H27ClF2N6OS.C2H6/c1-16-12-31(7-8-32(16)21-14-34-15-21)35-33(20-4-2-3-18(25)9-20)13-19-6-5-17(11-28-19)22-10-23(24(26)27)30-29-22;1-2/h2-6,9,11,16,21,24H,7-8,10,12-15H2,1H3;1-2H3. The highest BCUT2D eigenvalue weighted by molar-refractivity contribution is 7.98. The molecule has 7 nitrogen and oxygen atoms in total. The molecule has 1 aromatic carbocycles. The maximum Gasteiger partial charge on any atom is 0.278 e. The number of aromatic nitrogens is 1. The highest BCUT2D eigenvalue weighted by atomic mass is 35.5. The zero-order valence-corrected chi connectivity index (χ0v) is 22.9. The number of alkyl halides is 2. The zero-order chi connectivity index (χ0) is 26.4. The molecule has 0 saturated carbocycles. The minimum Gasteiger partial charge on any atom is -0.378 e. The topological polar surface area (TPSA) is 56.6 Å². The van der Waals surface area contributed by atoms with Gasteiger partial charge in [0.15, 0.2) is 0 Å². The average Bonchev–Trinajstić information content (AvgIpc) is 3.37. The van der Waals surface area contributed by atoms with Crippen molar-refractivity contribution in [2.75, 3.05) is 37.2 Å². The number of hydrogen-bond acceptors (Lipinski definition) is 8. The van der Waals surface area contributed by atoms with E-state index in [4.69, 9.17) is 16.3 Å². The second-order valence-corrected chi connectivity index (χ2v) is 10.5. The Balaban J connectivity index is 0.00000156. The number of anilines is 1. The summed E-state index contributed by atoms with van der Waals surface area (Å²) in [5.74, 6) is 0. The van der Waals surface area contributed by atoms with Crippen LogP contribution >= 0.6 is 23.7 Å². The van der Waals surface area contributed by atoms with E-state index in [1.54, 1.807) is 18.3 Å². The van der Waals surface area contributed by atoms with Gasteiger partial charge in [0.2, 0.25) is 0 Å². The van der Waals surface area contributed by atoms with Crippen LogP contribution in [0.5, 0.6) is 0 Å². The van der Waals surface area contributed by atoms with Gasteiger partial charge in [0.25, 0.3) is 6.43 Å². The van der Waals surface area contributed by atoms with E-state index in [0.717, 1.165) is 44.2 Å². The third-order valence-corrected chi connectivity index (χ3v) is 7.74. The van der Waals surface area contributed by atoms with Gasteiger partial charge in [0.05, 0.1) is 42.9 Å². The van der Waals surface area contributed by atoms with E-state index in [-0.39, 0.29) is 12.1 Å². The van der Waals surface area contributed by atoms with Crippen LogP contribution in [0.2, 0.25) is 5.02 Å². The smallest absolute Gasteiger partial charge is 0.278 e. The Bertz CT molecular complexity index is 1100. The van der Waals surface area contributed by atoms with Crippen LogP contribution in [-0.2, 0) is 11.3 Å². The molecule has 1 aromatic heterocycles. The maximum absolute atomic E-state index is 12.9. The molecular weight excluding hydrogens is 518 g/mol. The summed E-state index contributed by atoms with van der Waals surface area (Å²) < 4.78 is 35.7. The molecular formula is C26H33ClF2N6OS. The third kappa shape index (κ3) is 7.06. The van der Waals surface area contributed by atoms with E-state index in [2.05, 4.69) is 35.6 Å². The molecule has 0 radical (unpaired) electrons. The summed E-state index contributed by atoms with van der Waals surface area (Å²) in [6.45, 7) is 11.4. The van der Waals surface area contributed by atoms with Crippen molar-refractivity contribution in [3.63, 3.8) is 0 Å². The lowest BCUT2D eigenvalue weighted by Gasteiger charge is -2.46. The lowest BCUT2D eigenvalue weighted by molar-refractivity contribution is -0.0867. The van der Waals surface area contributed by atoms with Crippen LogP contribution in [0.1, 0.15) is 38.4 Å². The van der Waals surface area contributed by atoms with E-state index in [9.17, 15) is 8.78 Å². The Morgan fingerprint density at radius 3 is 2.57 bits per heavy atom. The number of piperazine rings is 1. The fourth-order valence-corrected chi connectivity index (χ4v) is 5.70. The Labute approximate surface area is 226 Å². The van der Waals surface area contributed by atoms with Gasteiger partial charge in [-0.1, -0.05) is 31.5 Å². The van der Waals surface area contributed by atoms with Crippen LogP contribution in [0, 0.1) is 0 Å². The molecule has 2 saturated heterocycles. The lowest BCUT2D eigenvalue weighted by atomic mass is 10.1. The number of rotatable bonds is 8. The first-order valence-electron chi connectivity index (χ1n) is 12.6. The van der Waals surface area contributed by atoms with Crippen LogP contribution in [0.15, 0.2) is 52.8 Å². The van der Waals surface area contributed by atoms with Crippen molar-refractivity contribution in [3.8, 4) is 0 Å². The highest BCUT2D eigenvalue weighted by Crippen LogP contribution is 2.31. The fourth-order valence-electron chi connectivity index (χ4n) is 4.39. The summed E-state index contributed by atoms with van der Waals surface area (Å²) in [5, 5.41) is 8.18. The van der Waals surface area contributed by atoms with Crippen molar-refractivity contribution < 1.29 is 13.5 Å². The molecule has 1 unspecified atom stereocenters. The predicted octanol–water partition coefficient (Wildman–Crippen LogP) is 5.55. The van der Waals surface area contributed by atoms with E-state index >= 15 is 0 Å². The summed E-state index contributed by atoms with van der Waals surface area (Å²) in [6.07, 6.45) is -0.848. The first kappa shape index (κ1) is 27.9. The van der Waals surface area contributed by atoms with E-state index < -0.39 is 6.43 Å². The monoisotopic (exact) mass is 550 g/mol. The van der Waals surface area contributed by atoms with E-state index in [1.807, 2.05) is 50.2 Å². The van der Waals surface area contributed by atoms with Crippen molar-refractivity contribution >= 4 is 40.8 Å². The van der Waals surface area contributed by atoms with Gasteiger partial charge in [-0.3, -0.25) is 14.2 Å². The summed E-state index contributed by atoms with van der Waals surface area (Å²) in [5.41, 5.74) is 2.87. The van der Waals surface area contributed by atoms with Crippen LogP contribution < -0.4 is 4.31 Å². The summed E-state index contributed by atoms with van der Waals surface area (Å²) in [6, 6.07) is 12.5. The van der Waals surface area contributed by atoms with E-state index in [1.165, 1.54) is 0 Å². The van der Waals surface area contributed by atoms with Gasteiger partial charge in [0.1, 0.15) is 5.71 Å². The second kappa shape index (κ2) is 13.1. The Morgan fingerprint density at radius 2 is 1.97 bits per heavy atom. The molecule has 4 heterocycles. The summed E-state index contributed by atoms with van der Waals surface area (Å²) >= 11 is 7.98. The van der Waals surface area contributed by atoms with Crippen LogP contribution in [-0.4, -0.2) is 77.0 Å². The Hall–Kier alpha value is -2.11. The molecule has 0 aliphatic carbocycles. The largest absolute Gasteiger partial charge is 0.378 e. The van der Waals surface area contributed by atoms with Gasteiger partial charge in [0, 0.05) is 61.0 Å². The molecule has 3 aliphatic rings. The minimum atomic E-state index is -2.58. The van der Waals surface area contributed by atoms with Crippen molar-refractivity contribution in [1.82, 2.24) is 14.2 Å². The fraction of sp³-hybridized carbons (Fsp3) is 0.500. The van der Waals surface area contributed by atoms with Crippen molar-refractivity contribution in [3.05, 3.63) is 58.9 Å². The van der Waals surface area contributed by atoms with Crippen LogP contribution in [0.4, 0.5) is 14.5 Å². The summed E-state index contributed by atoms with van der Waals surface area (Å²) in [4.78, 5) is 7.14. The molecule has 200 valence electrons. The molecule has 0 amide bonds. The third-order valence-electron chi connectivity index (χ3n) is 6.40. The normalized spacial score (nSPS) is 20.7. The number of hydrogen-bond donors (Lipinski definition) is 0. The molecule has 0 bridgehead atoms. The van der Waals surface area contributed by atoms with Gasteiger partial charge >= 0.3 is 0 Å². The molecule has 37 heavy (non-hydrogen) atoms. The molecule has 2 aromatic rings. The molecule has 11 heteroatoms. The van der Waals surface area contributed by atoms with E-state index in [0.29, 0.717) is 34.9 Å². The lowest BCUT2D eigenvalue weighted by Crippen LogP contribution is -2.59. The van der Waals surface area contributed by atoms with Crippen molar-refractivity contribution in [2.24, 2.45) is 10.2 Å². The molecule has 2 fully saturated rings. The quantitative estimate of drug-likeness (QED) is 0.402. The minimum absolute atomic E-state index is 0.0559. The van der Waals surface area contributed by atoms with Gasteiger partial charge < -0.3 is 4.74 Å². The Kier molecular flexibility index (Phi) is 9.89. The second-order valence-electron chi connectivity index (χ2n) is 8.92. The molecule has 0 N–H and O–H groups in total. The Morgan fingerprint density at radius 1 is 1.16 bits per heavy atom. The van der Waals surface area contributed by atoms with Crippen LogP contribution in [0.25, 0.3) is 0 Å². The number of pyridine rings is 1. The molecule has 0 spiro atoms. The first-order chi connectivity index (χ1) is 18.0. The average molecular weight is 551 g/mol. The van der Waals surface area contributed by atoms with Crippen molar-refractivity contribution in [2.45, 2.75) is 52.2 Å². The van der Waals surface area contributed by atoms with Gasteiger partial charge in [-0.05, 0) is 37.3 Å². The predicted molar refractivity (Wildman–Crippen MR) is 148 cm³/mol. The van der Waals surface area contributed by atoms with Gasteiger partial charge in [-0.2, -0.15) is 10.2 Å².